The van der Waals surface area contributed by atoms with E-state index in [1.165, 1.54) is 44.3 Å². The van der Waals surface area contributed by atoms with E-state index >= 15 is 0 Å². The number of ketones is 1. The molecule has 4 heterocycles. The second-order valence-corrected chi connectivity index (χ2v) is 26.2. The van der Waals surface area contributed by atoms with Crippen LogP contribution in [0.25, 0.3) is 0 Å². The van der Waals surface area contributed by atoms with Gasteiger partial charge in [-0.25, -0.2) is 4.79 Å². The summed E-state index contributed by atoms with van der Waals surface area (Å²) in [5.74, 6) is 11.4. The summed E-state index contributed by atoms with van der Waals surface area (Å²) in [5, 5.41) is 63.1. The molecule has 2 aliphatic carbocycles. The van der Waals surface area contributed by atoms with Crippen LogP contribution in [0.15, 0.2) is 35.1 Å². The lowest BCUT2D eigenvalue weighted by atomic mass is 9.75. The Hall–Kier alpha value is -3.29. The van der Waals surface area contributed by atoms with Gasteiger partial charge < -0.3 is 87.7 Å². The Morgan fingerprint density at radius 2 is 1.60 bits per heavy atom. The van der Waals surface area contributed by atoms with Crippen molar-refractivity contribution in [1.82, 2.24) is 16.1 Å². The molecular formula is C57H78IN3O21S3. The van der Waals surface area contributed by atoms with Gasteiger partial charge in [-0.1, -0.05) is 83.9 Å². The lowest BCUT2D eigenvalue weighted by Crippen LogP contribution is -2.65. The van der Waals surface area contributed by atoms with Crippen molar-refractivity contribution in [3.05, 3.63) is 49.8 Å². The van der Waals surface area contributed by atoms with Crippen molar-refractivity contribution in [3.63, 3.8) is 0 Å². The number of aliphatic hydroxyl groups excluding tert-OH is 4. The molecular weight excluding hydrogens is 1290 g/mol. The number of aliphatic hydroxyl groups is 5. The number of benzene rings is 1. The Bertz CT molecular complexity index is 2740. The highest BCUT2D eigenvalue weighted by atomic mass is 127. The lowest BCUT2D eigenvalue weighted by molar-refractivity contribution is -0.336. The van der Waals surface area contributed by atoms with Gasteiger partial charge in [-0.2, -0.15) is 5.48 Å². The molecule has 0 aromatic heterocycles. The summed E-state index contributed by atoms with van der Waals surface area (Å²) >= 11 is 2.83. The number of hydrogen-bond donors (Lipinski definition) is 8. The van der Waals surface area contributed by atoms with Crippen molar-refractivity contribution in [1.29, 1.82) is 0 Å². The number of hydrogen-bond acceptors (Lipinski definition) is 26. The average Bonchev–Trinajstić information content (AvgIpc) is 1.33. The summed E-state index contributed by atoms with van der Waals surface area (Å²) in [4.78, 5) is 47.7. The highest BCUT2D eigenvalue weighted by molar-refractivity contribution is 14.1. The molecule has 1 aromatic rings. The summed E-state index contributed by atoms with van der Waals surface area (Å²) in [5.41, 5.74) is 1.32. The second-order valence-electron chi connectivity index (χ2n) is 21.0. The monoisotopic (exact) mass is 1360 g/mol. The van der Waals surface area contributed by atoms with Crippen molar-refractivity contribution in [2.24, 2.45) is 0 Å². The zero-order chi connectivity index (χ0) is 62.0. The Kier molecular flexibility index (Phi) is 25.6. The number of ether oxygens (including phenoxy) is 12. The van der Waals surface area contributed by atoms with E-state index in [1.54, 1.807) is 51.7 Å². The van der Waals surface area contributed by atoms with Gasteiger partial charge in [0.05, 0.1) is 97.0 Å². The maximum absolute atomic E-state index is 14.4. The molecule has 24 nitrogen and oxygen atoms in total. The normalized spacial score (nSPS) is 35.7. The molecule has 28 heteroatoms. The predicted molar refractivity (Wildman–Crippen MR) is 321 cm³/mol. The smallest absolute Gasteiger partial charge is 0.411 e. The van der Waals surface area contributed by atoms with Gasteiger partial charge >= 0.3 is 6.09 Å². The fourth-order valence-electron chi connectivity index (χ4n) is 10.6. The van der Waals surface area contributed by atoms with Crippen molar-refractivity contribution < 1.29 is 102 Å². The number of thioether (sulfide) groups is 1. The van der Waals surface area contributed by atoms with Gasteiger partial charge in [0.2, 0.25) is 17.2 Å². The van der Waals surface area contributed by atoms with Gasteiger partial charge in [0.15, 0.2) is 41.8 Å². The molecule has 4 saturated heterocycles. The first kappa shape index (κ1) is 69.2. The van der Waals surface area contributed by atoms with Gasteiger partial charge in [-0.05, 0) is 74.5 Å². The molecule has 0 radical (unpaired) electrons. The molecule has 6 aliphatic rings. The third-order valence-electron chi connectivity index (χ3n) is 14.9. The topological polar surface area (TPSA) is 308 Å². The van der Waals surface area contributed by atoms with Crippen LogP contribution in [-0.2, 0) is 52.3 Å². The van der Waals surface area contributed by atoms with Gasteiger partial charge in [0, 0.05) is 49.2 Å². The van der Waals surface area contributed by atoms with E-state index in [0.717, 1.165) is 18.9 Å². The number of alkyl carbamates (subject to hydrolysis) is 1. The lowest BCUT2D eigenvalue weighted by Gasteiger charge is -2.46. The first-order valence-electron chi connectivity index (χ1n) is 27.7. The Morgan fingerprint density at radius 1 is 0.882 bits per heavy atom. The minimum absolute atomic E-state index is 0.0105. The van der Waals surface area contributed by atoms with Crippen LogP contribution in [0, 0.1) is 34.2 Å². The molecule has 0 saturated carbocycles. The van der Waals surface area contributed by atoms with Gasteiger partial charge in [0.1, 0.15) is 36.6 Å². The predicted octanol–water partition coefficient (Wildman–Crippen LogP) is 3.33. The summed E-state index contributed by atoms with van der Waals surface area (Å²) < 4.78 is 72.6. The number of hydroxylamine groups is 1. The zero-order valence-corrected chi connectivity index (χ0v) is 53.9. The third-order valence-corrected chi connectivity index (χ3v) is 20.4. The van der Waals surface area contributed by atoms with Gasteiger partial charge in [0.25, 0.3) is 0 Å². The Morgan fingerprint density at radius 3 is 2.26 bits per heavy atom. The highest BCUT2D eigenvalue weighted by Gasteiger charge is 2.52. The van der Waals surface area contributed by atoms with E-state index in [-0.39, 0.29) is 76.5 Å². The average molecular weight is 1360 g/mol. The Balaban J connectivity index is 1.12. The number of halogens is 1. The minimum Gasteiger partial charge on any atom is -0.492 e. The maximum atomic E-state index is 14.4. The third kappa shape index (κ3) is 16.2. The van der Waals surface area contributed by atoms with E-state index in [2.05, 4.69) is 39.8 Å². The summed E-state index contributed by atoms with van der Waals surface area (Å²) in [6, 6.07) is -1.27. The molecule has 2 bridgehead atoms. The van der Waals surface area contributed by atoms with E-state index in [4.69, 9.17) is 61.7 Å². The van der Waals surface area contributed by atoms with Crippen molar-refractivity contribution in [3.8, 4) is 40.9 Å². The molecule has 19 atom stereocenters. The van der Waals surface area contributed by atoms with Gasteiger partial charge in [-0.3, -0.25) is 19.7 Å². The van der Waals surface area contributed by atoms with Crippen molar-refractivity contribution in [2.45, 2.75) is 188 Å². The molecule has 0 unspecified atom stereocenters. The maximum Gasteiger partial charge on any atom is 0.411 e. The molecule has 85 heavy (non-hydrogen) atoms. The number of carbonyl (C=O) groups excluding carboxylic acids is 3. The SMILES string of the molecule is CCN[C@H]1CO[C@@H](O[C@H]2[C@H](O[C@H]3C#C/C=C\C#C[C@]4(O)CC(=O)C(NC(=O)OC)=C3/C4=C\CSSC(C)C)O[C@H](C)[C@@H](NO[C@H]3C[C@H](O)[C@H](SC(=O)c4c(C)c(I)c(O[C@@H]5O[C@@H](C)[C@H](O)[C@@H](OC)[C@H]5O)c(OC)c4OC)[C@@H](C)O3)[C@@H]2O)C[C@@H]1OC. The molecule has 4 aliphatic heterocycles. The number of likely N-dealkylation sites (N-methyl/N-ethyl adjacent to an activating group) is 1. The molecule has 8 N–H and O–H groups in total. The van der Waals surface area contributed by atoms with E-state index in [0.29, 0.717) is 21.4 Å². The number of nitrogens with one attached hydrogen (secondary N) is 3. The largest absolute Gasteiger partial charge is 0.492 e. The van der Waals surface area contributed by atoms with E-state index in [1.807, 2.05) is 43.4 Å². The summed E-state index contributed by atoms with van der Waals surface area (Å²) in [6.07, 6.45) is -13.8. The minimum atomic E-state index is -2.06. The zero-order valence-electron chi connectivity index (χ0n) is 49.3. The Labute approximate surface area is 521 Å². The fourth-order valence-corrected chi connectivity index (χ4v) is 14.2. The molecule has 472 valence electrons. The number of carbonyl (C=O) groups is 3. The first-order chi connectivity index (χ1) is 40.5. The van der Waals surface area contributed by atoms with Crippen LogP contribution in [0.3, 0.4) is 0 Å². The van der Waals surface area contributed by atoms with E-state index < -0.39 is 127 Å². The fraction of sp³-hybridized carbons (Fsp3) is 0.667. The van der Waals surface area contributed by atoms with Crippen LogP contribution in [-0.4, -0.2) is 217 Å². The van der Waals surface area contributed by atoms with Crippen LogP contribution in [0.2, 0.25) is 0 Å². The highest BCUT2D eigenvalue weighted by Crippen LogP contribution is 2.49. The standard InChI is InChI=1S/C57H78IN3O21S3/c1-13-59-32-25-75-37(23-36(32)70-8)80-50-45(65)42(28(5)77-55(50)79-35-18-16-14-15-17-20-57(69)24-34(63)43(60-56(68)74-12)40(35)31(57)19-21-83-85-26(2)3)61-82-38-22-33(62)52(30(7)76-38)84-53(67)39-27(4)41(58)48(51(73-11)47(39)71-9)81-54-46(66)49(72-10)44(64)29(6)78-54/h14-15,19,26,28-30,32-33,35-38,42,44-46,49-50,52,54-55,59,61-62,64-66,69H,13,21-25H2,1-12H3,(H,60,68)/b15-14-,31-19+/t28-,29+,30-,32+,33+,35+,36+,37+,38+,42-,44+,45+,46-,49-,50-,52-,54+,55+,57+/m1/s1. The van der Waals surface area contributed by atoms with Crippen LogP contribution in [0.5, 0.6) is 17.2 Å². The second kappa shape index (κ2) is 31.4. The van der Waals surface area contributed by atoms with Crippen LogP contribution in [0.4, 0.5) is 4.79 Å². The number of allylic oxidation sites excluding steroid dienone is 3. The first-order valence-corrected chi connectivity index (χ1v) is 32.0. The quantitative estimate of drug-likeness (QED) is 0.0271. The molecule has 1 amide bonds. The van der Waals surface area contributed by atoms with Crippen LogP contribution in [0.1, 0.15) is 76.7 Å². The van der Waals surface area contributed by atoms with Crippen molar-refractivity contribution in [2.75, 3.05) is 54.5 Å². The number of Topliss-reactive ketones (excluding diaryl/α,β-unsaturated/α-hetero) is 1. The number of rotatable bonds is 22. The van der Waals surface area contributed by atoms with E-state index in [9.17, 15) is 39.9 Å². The van der Waals surface area contributed by atoms with Crippen LogP contribution < -0.4 is 30.3 Å². The summed E-state index contributed by atoms with van der Waals surface area (Å²) in [6.45, 7) is 13.5. The number of amides is 1. The number of methoxy groups -OCH3 is 5. The van der Waals surface area contributed by atoms with Crippen LogP contribution >= 0.6 is 55.9 Å². The molecule has 7 rings (SSSR count). The van der Waals surface area contributed by atoms with Crippen molar-refractivity contribution >= 4 is 72.9 Å². The van der Waals surface area contributed by atoms with Gasteiger partial charge in [-0.15, -0.1) is 0 Å². The number of fused-ring (bicyclic) bond motifs is 2. The summed E-state index contributed by atoms with van der Waals surface area (Å²) in [7, 11) is 9.90. The molecule has 4 fully saturated rings. The molecule has 1 aromatic carbocycles. The molecule has 0 spiro atoms.